The van der Waals surface area contributed by atoms with E-state index in [9.17, 15) is 14.6 Å². The molecule has 0 radical (unpaired) electrons. The number of fused-ring (bicyclic) bond motifs is 1. The molecule has 1 aliphatic heterocycles. The molecule has 9 heteroatoms. The summed E-state index contributed by atoms with van der Waals surface area (Å²) in [4.78, 5) is 7.59. The third kappa shape index (κ3) is 1.88. The SMILES string of the molecule is OCC1OC(n2cc(F)c3c(Cl)ncnc32)[C@H](O)[C@@H]1O. The van der Waals surface area contributed by atoms with E-state index in [0.29, 0.717) is 0 Å². The van der Waals surface area contributed by atoms with Gasteiger partial charge in [-0.3, -0.25) is 0 Å². The molecule has 3 N–H and O–H groups in total. The second-order valence-corrected chi connectivity index (χ2v) is 4.83. The van der Waals surface area contributed by atoms with Gasteiger partial charge < -0.3 is 24.6 Å². The Morgan fingerprint density at radius 1 is 1.35 bits per heavy atom. The maximum Gasteiger partial charge on any atom is 0.164 e. The fourth-order valence-electron chi connectivity index (χ4n) is 2.31. The number of rotatable bonds is 2. The van der Waals surface area contributed by atoms with E-state index in [1.807, 2.05) is 0 Å². The van der Waals surface area contributed by atoms with Gasteiger partial charge in [0.15, 0.2) is 12.0 Å². The van der Waals surface area contributed by atoms with E-state index < -0.39 is 37.0 Å². The number of nitrogens with zero attached hydrogens (tertiary/aromatic N) is 3. The summed E-state index contributed by atoms with van der Waals surface area (Å²) in [7, 11) is 0. The van der Waals surface area contributed by atoms with Crippen molar-refractivity contribution in [3.63, 3.8) is 0 Å². The topological polar surface area (TPSA) is 101 Å². The van der Waals surface area contributed by atoms with Gasteiger partial charge in [-0.2, -0.15) is 0 Å². The molecule has 3 rings (SSSR count). The third-order valence-corrected chi connectivity index (χ3v) is 3.59. The minimum atomic E-state index is -1.32. The Kier molecular flexibility index (Phi) is 3.35. The van der Waals surface area contributed by atoms with Gasteiger partial charge in [-0.1, -0.05) is 11.6 Å². The minimum Gasteiger partial charge on any atom is -0.394 e. The van der Waals surface area contributed by atoms with Gasteiger partial charge in [-0.25, -0.2) is 14.4 Å². The summed E-state index contributed by atoms with van der Waals surface area (Å²) in [6.07, 6.45) is -2.40. The lowest BCUT2D eigenvalue weighted by molar-refractivity contribution is -0.0510. The quantitative estimate of drug-likeness (QED) is 0.666. The van der Waals surface area contributed by atoms with Crippen LogP contribution in [0.2, 0.25) is 5.15 Å². The molecule has 0 aromatic carbocycles. The summed E-state index contributed by atoms with van der Waals surface area (Å²) < 4.78 is 20.4. The monoisotopic (exact) mass is 303 g/mol. The zero-order valence-electron chi connectivity index (χ0n) is 10.0. The van der Waals surface area contributed by atoms with Gasteiger partial charge in [-0.15, -0.1) is 0 Å². The van der Waals surface area contributed by atoms with Gasteiger partial charge in [0.25, 0.3) is 0 Å². The fraction of sp³-hybridized carbons (Fsp3) is 0.455. The molecule has 0 bridgehead atoms. The van der Waals surface area contributed by atoms with Crippen LogP contribution in [0.15, 0.2) is 12.5 Å². The van der Waals surface area contributed by atoms with Crippen LogP contribution in [0.1, 0.15) is 6.23 Å². The zero-order valence-corrected chi connectivity index (χ0v) is 10.8. The molecular formula is C11H11ClFN3O4. The molecular weight excluding hydrogens is 293 g/mol. The normalized spacial score (nSPS) is 30.2. The average Bonchev–Trinajstić information content (AvgIpc) is 2.90. The van der Waals surface area contributed by atoms with Gasteiger partial charge >= 0.3 is 0 Å². The van der Waals surface area contributed by atoms with Crippen molar-refractivity contribution in [3.8, 4) is 0 Å². The Hall–Kier alpha value is -1.32. The molecule has 1 saturated heterocycles. The molecule has 1 fully saturated rings. The minimum absolute atomic E-state index is 0.00639. The van der Waals surface area contributed by atoms with Crippen molar-refractivity contribution in [3.05, 3.63) is 23.5 Å². The molecule has 3 heterocycles. The lowest BCUT2D eigenvalue weighted by Crippen LogP contribution is -2.33. The van der Waals surface area contributed by atoms with Crippen molar-refractivity contribution in [1.82, 2.24) is 14.5 Å². The van der Waals surface area contributed by atoms with Crippen LogP contribution in [-0.4, -0.2) is 54.8 Å². The number of aromatic nitrogens is 3. The van der Waals surface area contributed by atoms with Crippen LogP contribution < -0.4 is 0 Å². The number of ether oxygens (including phenoxy) is 1. The lowest BCUT2D eigenvalue weighted by atomic mass is 10.1. The molecule has 20 heavy (non-hydrogen) atoms. The van der Waals surface area contributed by atoms with E-state index in [1.165, 1.54) is 4.57 Å². The van der Waals surface area contributed by atoms with Crippen LogP contribution in [0.3, 0.4) is 0 Å². The lowest BCUT2D eigenvalue weighted by Gasteiger charge is -2.16. The van der Waals surface area contributed by atoms with Crippen molar-refractivity contribution < 1.29 is 24.4 Å². The highest BCUT2D eigenvalue weighted by Gasteiger charge is 2.44. The maximum atomic E-state index is 13.9. The summed E-state index contributed by atoms with van der Waals surface area (Å²) in [5.74, 6) is -0.664. The van der Waals surface area contributed by atoms with Gasteiger partial charge in [0.2, 0.25) is 0 Å². The first-order valence-corrected chi connectivity index (χ1v) is 6.21. The Labute approximate surface area is 117 Å². The van der Waals surface area contributed by atoms with E-state index in [0.717, 1.165) is 12.5 Å². The van der Waals surface area contributed by atoms with Gasteiger partial charge in [0.05, 0.1) is 12.0 Å². The van der Waals surface area contributed by atoms with E-state index in [-0.39, 0.29) is 16.2 Å². The first-order valence-electron chi connectivity index (χ1n) is 5.83. The largest absolute Gasteiger partial charge is 0.394 e. The summed E-state index contributed by atoms with van der Waals surface area (Å²) in [6, 6.07) is 0. The highest BCUT2D eigenvalue weighted by molar-refractivity contribution is 6.33. The Morgan fingerprint density at radius 2 is 2.10 bits per heavy atom. The number of hydrogen-bond acceptors (Lipinski definition) is 6. The number of hydrogen-bond donors (Lipinski definition) is 3. The summed E-state index contributed by atoms with van der Waals surface area (Å²) in [5.41, 5.74) is 0.136. The van der Waals surface area contributed by atoms with Gasteiger partial charge in [0.1, 0.15) is 35.4 Å². The van der Waals surface area contributed by atoms with E-state index in [4.69, 9.17) is 21.4 Å². The van der Waals surface area contributed by atoms with Crippen molar-refractivity contribution in [2.24, 2.45) is 0 Å². The number of halogens is 2. The molecule has 108 valence electrons. The summed E-state index contributed by atoms with van der Waals surface area (Å²) in [5, 5.41) is 28.7. The van der Waals surface area contributed by atoms with E-state index in [2.05, 4.69) is 9.97 Å². The zero-order chi connectivity index (χ0) is 14.4. The smallest absolute Gasteiger partial charge is 0.164 e. The molecule has 0 aliphatic carbocycles. The van der Waals surface area contributed by atoms with Crippen molar-refractivity contribution in [2.75, 3.05) is 6.61 Å². The Bertz CT molecular complexity index is 652. The first-order chi connectivity index (χ1) is 9.54. The predicted molar refractivity (Wildman–Crippen MR) is 65.5 cm³/mol. The highest BCUT2D eigenvalue weighted by Crippen LogP contribution is 2.34. The molecule has 0 saturated carbocycles. The Morgan fingerprint density at radius 3 is 2.75 bits per heavy atom. The third-order valence-electron chi connectivity index (χ3n) is 3.31. The van der Waals surface area contributed by atoms with E-state index >= 15 is 0 Å². The maximum absolute atomic E-state index is 13.9. The summed E-state index contributed by atoms with van der Waals surface area (Å²) >= 11 is 5.81. The first kappa shape index (κ1) is 13.7. The summed E-state index contributed by atoms with van der Waals surface area (Å²) in [6.45, 7) is -0.466. The van der Waals surface area contributed by atoms with Crippen molar-refractivity contribution in [1.29, 1.82) is 0 Å². The Balaban J connectivity index is 2.10. The fourth-order valence-corrected chi connectivity index (χ4v) is 2.53. The number of aliphatic hydroxyl groups is 3. The number of aliphatic hydroxyl groups excluding tert-OH is 3. The molecule has 7 nitrogen and oxygen atoms in total. The molecule has 2 unspecified atom stereocenters. The van der Waals surface area contributed by atoms with Crippen LogP contribution >= 0.6 is 11.6 Å². The molecule has 0 amide bonds. The molecule has 2 aromatic rings. The molecule has 2 aromatic heterocycles. The second kappa shape index (κ2) is 4.90. The molecule has 4 atom stereocenters. The predicted octanol–water partition coefficient (Wildman–Crippen LogP) is -0.165. The van der Waals surface area contributed by atoms with E-state index in [1.54, 1.807) is 0 Å². The standard InChI is InChI=1S/C11H11ClFN3O4/c12-9-6-4(13)1-16(10(6)15-3-14-9)11-8(19)7(18)5(2-17)20-11/h1,3,5,7-8,11,17-19H,2H2/t5?,7-,8-,11?/m1/s1. The van der Waals surface area contributed by atoms with Crippen LogP contribution in [0.4, 0.5) is 4.39 Å². The van der Waals surface area contributed by atoms with Crippen LogP contribution in [0.25, 0.3) is 11.0 Å². The van der Waals surface area contributed by atoms with Crippen molar-refractivity contribution in [2.45, 2.75) is 24.5 Å². The molecule has 1 aliphatic rings. The average molecular weight is 304 g/mol. The molecule has 0 spiro atoms. The highest BCUT2D eigenvalue weighted by atomic mass is 35.5. The van der Waals surface area contributed by atoms with Crippen LogP contribution in [0, 0.1) is 5.82 Å². The van der Waals surface area contributed by atoms with Gasteiger partial charge in [0, 0.05) is 6.20 Å². The second-order valence-electron chi connectivity index (χ2n) is 4.48. The van der Waals surface area contributed by atoms with Crippen LogP contribution in [0.5, 0.6) is 0 Å². The van der Waals surface area contributed by atoms with Crippen molar-refractivity contribution >= 4 is 22.6 Å². The van der Waals surface area contributed by atoms with Gasteiger partial charge in [-0.05, 0) is 0 Å². The van der Waals surface area contributed by atoms with Crippen LogP contribution in [-0.2, 0) is 4.74 Å².